The van der Waals surface area contributed by atoms with E-state index in [4.69, 9.17) is 30.5 Å². The lowest BCUT2D eigenvalue weighted by atomic mass is 9.96. The number of rotatable bonds is 9. The summed E-state index contributed by atoms with van der Waals surface area (Å²) in [6.07, 6.45) is -4.41. The number of nitrogens with one attached hydrogen (secondary N) is 1. The number of alkyl halides is 3. The largest absolute Gasteiger partial charge is 0.488 e. The highest BCUT2D eigenvalue weighted by molar-refractivity contribution is 6.32. The van der Waals surface area contributed by atoms with E-state index in [-0.39, 0.29) is 19.8 Å². The first kappa shape index (κ1) is 28.6. The molecule has 0 radical (unpaired) electrons. The Morgan fingerprint density at radius 3 is 2.32 bits per heavy atom. The third kappa shape index (κ3) is 6.70. The number of hydrogen-bond acceptors (Lipinski definition) is 6. The van der Waals surface area contributed by atoms with Crippen LogP contribution in [0.2, 0.25) is 5.02 Å². The molecule has 1 heterocycles. The average Bonchev–Trinajstić information content (AvgIpc) is 2.96. The van der Waals surface area contributed by atoms with Gasteiger partial charge in [-0.05, 0) is 65.1 Å². The normalized spacial score (nSPS) is 12.7. The fourth-order valence-electron chi connectivity index (χ4n) is 4.51. The quantitative estimate of drug-likeness (QED) is 0.196. The van der Waals surface area contributed by atoms with Crippen LogP contribution in [-0.2, 0) is 25.9 Å². The topological polar surface area (TPSA) is 69.2 Å². The zero-order valence-electron chi connectivity index (χ0n) is 22.1. The van der Waals surface area contributed by atoms with Crippen molar-refractivity contribution in [3.8, 4) is 34.1 Å². The van der Waals surface area contributed by atoms with Crippen molar-refractivity contribution < 1.29 is 37.3 Å². The zero-order chi connectivity index (χ0) is 29.0. The molecule has 4 aromatic carbocycles. The molecule has 41 heavy (non-hydrogen) atoms. The van der Waals surface area contributed by atoms with Gasteiger partial charge in [0.15, 0.2) is 11.5 Å². The first-order valence-electron chi connectivity index (χ1n) is 12.8. The summed E-state index contributed by atoms with van der Waals surface area (Å²) in [5, 5.41) is 9.58. The van der Waals surface area contributed by atoms with Gasteiger partial charge in [-0.1, -0.05) is 48.0 Å². The summed E-state index contributed by atoms with van der Waals surface area (Å²) < 4.78 is 62.0. The highest BCUT2D eigenvalue weighted by Gasteiger charge is 2.30. The minimum absolute atomic E-state index is 0.00826. The van der Waals surface area contributed by atoms with E-state index in [1.165, 1.54) is 12.1 Å². The molecule has 10 heteroatoms. The predicted octanol–water partition coefficient (Wildman–Crippen LogP) is 7.74. The van der Waals surface area contributed by atoms with E-state index >= 15 is 0 Å². The molecule has 0 amide bonds. The number of fused-ring (bicyclic) bond motifs is 1. The van der Waals surface area contributed by atoms with E-state index in [1.807, 2.05) is 43.3 Å². The van der Waals surface area contributed by atoms with Gasteiger partial charge in [0.05, 0.1) is 10.6 Å². The Hall–Kier alpha value is -3.92. The minimum Gasteiger partial charge on any atom is -0.488 e. The molecule has 0 spiro atoms. The number of ether oxygens (including phenoxy) is 4. The molecule has 1 aliphatic rings. The molecule has 0 aromatic heterocycles. The Morgan fingerprint density at radius 1 is 0.854 bits per heavy atom. The van der Waals surface area contributed by atoms with Crippen LogP contribution in [0.1, 0.15) is 27.8 Å². The van der Waals surface area contributed by atoms with Gasteiger partial charge in [0, 0.05) is 18.2 Å². The van der Waals surface area contributed by atoms with Gasteiger partial charge >= 0.3 is 6.18 Å². The molecular formula is C31H27ClF3NO5. The van der Waals surface area contributed by atoms with E-state index < -0.39 is 11.7 Å². The summed E-state index contributed by atoms with van der Waals surface area (Å²) in [7, 11) is 0. The Morgan fingerprint density at radius 2 is 1.59 bits per heavy atom. The standard InChI is InChI=1S/C31H27ClF3NO5/c1-19-22(3-2-4-25(19)21-7-10-27-30(14-21)39-12-11-38-27)18-41-29-15-28(23(16-36-37)13-26(29)32)40-17-20-5-8-24(9-6-20)31(33,34)35/h2-10,13-15,36-37H,11-12,16-18H2,1H3. The lowest BCUT2D eigenvalue weighted by Crippen LogP contribution is -2.15. The molecule has 0 bridgehead atoms. The molecule has 214 valence electrons. The number of hydroxylamine groups is 1. The van der Waals surface area contributed by atoms with E-state index in [1.54, 1.807) is 12.1 Å². The second-order valence-electron chi connectivity index (χ2n) is 9.45. The van der Waals surface area contributed by atoms with Crippen molar-refractivity contribution >= 4 is 11.6 Å². The number of halogens is 4. The fourth-order valence-corrected chi connectivity index (χ4v) is 4.76. The number of benzene rings is 4. The van der Waals surface area contributed by atoms with Gasteiger partial charge < -0.3 is 24.2 Å². The molecule has 5 rings (SSSR count). The highest BCUT2D eigenvalue weighted by atomic mass is 35.5. The smallest absolute Gasteiger partial charge is 0.416 e. The second-order valence-corrected chi connectivity index (χ2v) is 9.85. The molecule has 6 nitrogen and oxygen atoms in total. The summed E-state index contributed by atoms with van der Waals surface area (Å²) in [6, 6.07) is 19.8. The molecular weight excluding hydrogens is 559 g/mol. The maximum absolute atomic E-state index is 12.9. The number of hydrogen-bond donors (Lipinski definition) is 2. The second kappa shape index (κ2) is 12.3. The lowest BCUT2D eigenvalue weighted by Gasteiger charge is -2.20. The Kier molecular flexibility index (Phi) is 8.58. The van der Waals surface area contributed by atoms with Crippen LogP contribution in [0.3, 0.4) is 0 Å². The maximum Gasteiger partial charge on any atom is 0.416 e. The van der Waals surface area contributed by atoms with Crippen molar-refractivity contribution in [2.75, 3.05) is 13.2 Å². The SMILES string of the molecule is Cc1c(COc2cc(OCc3ccc(C(F)(F)F)cc3)c(CNO)cc2Cl)cccc1-c1ccc2c(c1)OCCO2. The fraction of sp³-hybridized carbons (Fsp3) is 0.226. The molecule has 0 saturated carbocycles. The summed E-state index contributed by atoms with van der Waals surface area (Å²) in [5.41, 5.74) is 6.43. The van der Waals surface area contributed by atoms with E-state index in [9.17, 15) is 18.4 Å². The van der Waals surface area contributed by atoms with Gasteiger partial charge in [-0.2, -0.15) is 13.2 Å². The summed E-state index contributed by atoms with van der Waals surface area (Å²) in [5.74, 6) is 2.17. The Labute approximate surface area is 240 Å². The molecule has 0 aliphatic carbocycles. The van der Waals surface area contributed by atoms with Crippen molar-refractivity contribution in [2.45, 2.75) is 32.9 Å². The minimum atomic E-state index is -4.41. The van der Waals surface area contributed by atoms with Crippen molar-refractivity contribution in [3.05, 3.63) is 106 Å². The summed E-state index contributed by atoms with van der Waals surface area (Å²) >= 11 is 6.49. The molecule has 4 aromatic rings. The van der Waals surface area contributed by atoms with Crippen LogP contribution in [0, 0.1) is 6.92 Å². The van der Waals surface area contributed by atoms with Crippen LogP contribution in [0.5, 0.6) is 23.0 Å². The van der Waals surface area contributed by atoms with Gasteiger partial charge in [-0.25, -0.2) is 5.48 Å². The van der Waals surface area contributed by atoms with Crippen LogP contribution in [0.25, 0.3) is 11.1 Å². The van der Waals surface area contributed by atoms with Crippen LogP contribution < -0.4 is 24.4 Å². The molecule has 0 unspecified atom stereocenters. The molecule has 0 saturated heterocycles. The van der Waals surface area contributed by atoms with Gasteiger partial charge in [0.25, 0.3) is 0 Å². The molecule has 1 aliphatic heterocycles. The summed E-state index contributed by atoms with van der Waals surface area (Å²) in [6.45, 7) is 3.32. The Balaban J connectivity index is 1.33. The Bertz CT molecular complexity index is 1530. The molecule has 0 fully saturated rings. The van der Waals surface area contributed by atoms with Crippen LogP contribution in [-0.4, -0.2) is 18.4 Å². The lowest BCUT2D eigenvalue weighted by molar-refractivity contribution is -0.137. The van der Waals surface area contributed by atoms with Crippen LogP contribution >= 0.6 is 11.6 Å². The molecule has 0 atom stereocenters. The maximum atomic E-state index is 12.9. The van der Waals surface area contributed by atoms with Crippen molar-refractivity contribution in [2.24, 2.45) is 0 Å². The van der Waals surface area contributed by atoms with Crippen LogP contribution in [0.4, 0.5) is 13.2 Å². The first-order valence-corrected chi connectivity index (χ1v) is 13.2. The van der Waals surface area contributed by atoms with Crippen LogP contribution in [0.15, 0.2) is 72.8 Å². The van der Waals surface area contributed by atoms with Gasteiger partial charge in [0.1, 0.15) is 37.9 Å². The predicted molar refractivity (Wildman–Crippen MR) is 148 cm³/mol. The zero-order valence-corrected chi connectivity index (χ0v) is 22.8. The molecule has 2 N–H and O–H groups in total. The highest BCUT2D eigenvalue weighted by Crippen LogP contribution is 2.37. The van der Waals surface area contributed by atoms with Gasteiger partial charge in [-0.15, -0.1) is 0 Å². The van der Waals surface area contributed by atoms with E-state index in [0.29, 0.717) is 46.6 Å². The van der Waals surface area contributed by atoms with Crippen molar-refractivity contribution in [3.63, 3.8) is 0 Å². The van der Waals surface area contributed by atoms with Gasteiger partial charge in [-0.3, -0.25) is 0 Å². The third-order valence-corrected chi connectivity index (χ3v) is 7.04. The third-order valence-electron chi connectivity index (χ3n) is 6.74. The first-order chi connectivity index (χ1) is 19.7. The van der Waals surface area contributed by atoms with E-state index in [2.05, 4.69) is 5.48 Å². The van der Waals surface area contributed by atoms with E-state index in [0.717, 1.165) is 40.1 Å². The monoisotopic (exact) mass is 585 g/mol. The van der Waals surface area contributed by atoms with Crippen molar-refractivity contribution in [1.29, 1.82) is 0 Å². The average molecular weight is 586 g/mol. The summed E-state index contributed by atoms with van der Waals surface area (Å²) in [4.78, 5) is 0. The van der Waals surface area contributed by atoms with Crippen molar-refractivity contribution in [1.82, 2.24) is 5.48 Å². The van der Waals surface area contributed by atoms with Gasteiger partial charge in [0.2, 0.25) is 0 Å².